The van der Waals surface area contributed by atoms with E-state index in [-0.39, 0.29) is 5.69 Å². The first-order valence-corrected chi connectivity index (χ1v) is 9.13. The number of methoxy groups -OCH3 is 2. The average Bonchev–Trinajstić information content (AvgIpc) is 3.20. The second-order valence-electron chi connectivity index (χ2n) is 5.72. The molecule has 0 amide bonds. The highest BCUT2D eigenvalue weighted by molar-refractivity contribution is 7.14. The van der Waals surface area contributed by atoms with E-state index in [2.05, 4.69) is 15.5 Å². The van der Waals surface area contributed by atoms with Crippen molar-refractivity contribution in [3.05, 3.63) is 63.5 Å². The summed E-state index contributed by atoms with van der Waals surface area (Å²) in [6.07, 6.45) is 0. The van der Waals surface area contributed by atoms with Crippen LogP contribution < -0.4 is 14.9 Å². The molecule has 0 aliphatic carbocycles. The lowest BCUT2D eigenvalue weighted by atomic mass is 10.1. The normalized spacial score (nSPS) is 11.2. The highest BCUT2D eigenvalue weighted by Crippen LogP contribution is 2.35. The number of aromatic nitrogens is 1. The van der Waals surface area contributed by atoms with E-state index in [0.29, 0.717) is 22.3 Å². The summed E-state index contributed by atoms with van der Waals surface area (Å²) >= 11 is 1.41. The Morgan fingerprint density at radius 2 is 1.93 bits per heavy atom. The van der Waals surface area contributed by atoms with Gasteiger partial charge in [-0.25, -0.2) is 4.98 Å². The van der Waals surface area contributed by atoms with Crippen molar-refractivity contribution in [2.75, 3.05) is 19.6 Å². The molecular weight excluding hydrogens is 380 g/mol. The number of anilines is 1. The van der Waals surface area contributed by atoms with Gasteiger partial charge in [-0.15, -0.1) is 11.3 Å². The number of non-ortho nitro benzene ring substituents is 1. The van der Waals surface area contributed by atoms with Gasteiger partial charge in [-0.1, -0.05) is 0 Å². The third-order valence-electron chi connectivity index (χ3n) is 4.00. The van der Waals surface area contributed by atoms with Gasteiger partial charge < -0.3 is 9.47 Å². The van der Waals surface area contributed by atoms with Crippen LogP contribution in [0.15, 0.2) is 52.9 Å². The lowest BCUT2D eigenvalue weighted by molar-refractivity contribution is -0.384. The SMILES string of the molecule is COc1ccc(OC)c(-c2csc(N/N=C(\C)c3ccc([N+](=O)[O-])cc3)n2)c1. The largest absolute Gasteiger partial charge is 0.497 e. The smallest absolute Gasteiger partial charge is 0.269 e. The van der Waals surface area contributed by atoms with Crippen LogP contribution in [0.3, 0.4) is 0 Å². The van der Waals surface area contributed by atoms with Crippen LogP contribution in [-0.4, -0.2) is 29.8 Å². The van der Waals surface area contributed by atoms with Gasteiger partial charge in [0, 0.05) is 23.1 Å². The zero-order chi connectivity index (χ0) is 20.1. The molecule has 144 valence electrons. The molecule has 0 unspecified atom stereocenters. The molecule has 0 spiro atoms. The standard InChI is InChI=1S/C19H18N4O4S/c1-12(13-4-6-14(7-5-13)23(24)25)21-22-19-20-17(11-28-19)16-10-15(26-2)8-9-18(16)27-3/h4-11H,1-3H3,(H,20,22)/b21-12+. The molecule has 3 aromatic rings. The van der Waals surface area contributed by atoms with Gasteiger partial charge in [0.15, 0.2) is 0 Å². The van der Waals surface area contributed by atoms with Gasteiger partial charge in [0.25, 0.3) is 5.69 Å². The molecule has 1 heterocycles. The topological polar surface area (TPSA) is 98.9 Å². The molecule has 0 saturated heterocycles. The van der Waals surface area contributed by atoms with Crippen molar-refractivity contribution >= 4 is 27.9 Å². The number of benzene rings is 2. The van der Waals surface area contributed by atoms with Crippen LogP contribution >= 0.6 is 11.3 Å². The summed E-state index contributed by atoms with van der Waals surface area (Å²) in [4.78, 5) is 14.8. The van der Waals surface area contributed by atoms with Crippen molar-refractivity contribution in [2.24, 2.45) is 5.10 Å². The number of rotatable bonds is 7. The first kappa shape index (κ1) is 19.3. The van der Waals surface area contributed by atoms with Crippen LogP contribution in [-0.2, 0) is 0 Å². The molecule has 28 heavy (non-hydrogen) atoms. The molecule has 0 aliphatic heterocycles. The second-order valence-corrected chi connectivity index (χ2v) is 6.58. The van der Waals surface area contributed by atoms with Crippen molar-refractivity contribution in [1.29, 1.82) is 0 Å². The highest BCUT2D eigenvalue weighted by Gasteiger charge is 2.12. The quantitative estimate of drug-likeness (QED) is 0.355. The van der Waals surface area contributed by atoms with Crippen molar-refractivity contribution in [1.82, 2.24) is 4.98 Å². The summed E-state index contributed by atoms with van der Waals surface area (Å²) in [7, 11) is 3.21. The minimum absolute atomic E-state index is 0.0429. The molecule has 8 nitrogen and oxygen atoms in total. The van der Waals surface area contributed by atoms with Crippen LogP contribution in [0.1, 0.15) is 12.5 Å². The van der Waals surface area contributed by atoms with Crippen molar-refractivity contribution < 1.29 is 14.4 Å². The van der Waals surface area contributed by atoms with Crippen molar-refractivity contribution in [2.45, 2.75) is 6.92 Å². The predicted molar refractivity (Wildman–Crippen MR) is 110 cm³/mol. The van der Waals surface area contributed by atoms with E-state index in [4.69, 9.17) is 9.47 Å². The van der Waals surface area contributed by atoms with Crippen LogP contribution in [0.5, 0.6) is 11.5 Å². The summed E-state index contributed by atoms with van der Waals surface area (Å²) < 4.78 is 10.7. The summed E-state index contributed by atoms with van der Waals surface area (Å²) in [5.41, 5.74) is 6.00. The molecule has 0 aliphatic rings. The van der Waals surface area contributed by atoms with Gasteiger partial charge >= 0.3 is 0 Å². The van der Waals surface area contributed by atoms with E-state index in [1.807, 2.05) is 30.5 Å². The second kappa shape index (κ2) is 8.49. The molecule has 1 aromatic heterocycles. The Kier molecular flexibility index (Phi) is 5.85. The number of nitrogens with one attached hydrogen (secondary N) is 1. The Hall–Kier alpha value is -3.46. The summed E-state index contributed by atoms with van der Waals surface area (Å²) in [5, 5.41) is 17.6. The number of hydrazone groups is 1. The maximum absolute atomic E-state index is 10.7. The number of nitro groups is 1. The van der Waals surface area contributed by atoms with E-state index in [0.717, 1.165) is 16.8 Å². The fourth-order valence-corrected chi connectivity index (χ4v) is 3.14. The van der Waals surface area contributed by atoms with Gasteiger partial charge in [0.2, 0.25) is 5.13 Å². The van der Waals surface area contributed by atoms with E-state index in [9.17, 15) is 10.1 Å². The molecular formula is C19H18N4O4S. The maximum atomic E-state index is 10.7. The minimum atomic E-state index is -0.432. The minimum Gasteiger partial charge on any atom is -0.497 e. The predicted octanol–water partition coefficient (Wildman–Crippen LogP) is 4.57. The first-order valence-electron chi connectivity index (χ1n) is 8.25. The molecule has 2 aromatic carbocycles. The van der Waals surface area contributed by atoms with Gasteiger partial charge in [-0.2, -0.15) is 5.10 Å². The molecule has 0 radical (unpaired) electrons. The number of nitro benzene ring substituents is 1. The molecule has 0 atom stereocenters. The summed E-state index contributed by atoms with van der Waals surface area (Å²) in [6.45, 7) is 1.81. The molecule has 9 heteroatoms. The fourth-order valence-electron chi connectivity index (χ4n) is 2.48. The molecule has 0 saturated carbocycles. The van der Waals surface area contributed by atoms with Crippen LogP contribution in [0.25, 0.3) is 11.3 Å². The lowest BCUT2D eigenvalue weighted by Crippen LogP contribution is -2.00. The Balaban J connectivity index is 1.77. The number of hydrogen-bond donors (Lipinski definition) is 1. The Morgan fingerprint density at radius 1 is 1.18 bits per heavy atom. The first-order chi connectivity index (χ1) is 13.5. The molecule has 0 fully saturated rings. The Morgan fingerprint density at radius 3 is 2.57 bits per heavy atom. The zero-order valence-corrected chi connectivity index (χ0v) is 16.3. The monoisotopic (exact) mass is 398 g/mol. The Labute approximate surface area is 165 Å². The van der Waals surface area contributed by atoms with E-state index in [1.54, 1.807) is 26.4 Å². The molecule has 3 rings (SSSR count). The van der Waals surface area contributed by atoms with Crippen LogP contribution in [0, 0.1) is 10.1 Å². The third-order valence-corrected chi connectivity index (χ3v) is 4.75. The van der Waals surface area contributed by atoms with Gasteiger partial charge in [0.1, 0.15) is 11.5 Å². The average molecular weight is 398 g/mol. The number of ether oxygens (including phenoxy) is 2. The Bertz CT molecular complexity index is 1020. The van der Waals surface area contributed by atoms with Gasteiger partial charge in [-0.3, -0.25) is 15.5 Å². The van der Waals surface area contributed by atoms with Crippen LogP contribution in [0.2, 0.25) is 0 Å². The van der Waals surface area contributed by atoms with E-state index < -0.39 is 4.92 Å². The van der Waals surface area contributed by atoms with Crippen LogP contribution in [0.4, 0.5) is 10.8 Å². The maximum Gasteiger partial charge on any atom is 0.269 e. The zero-order valence-electron chi connectivity index (χ0n) is 15.5. The van der Waals surface area contributed by atoms with Crippen molar-refractivity contribution in [3.63, 3.8) is 0 Å². The van der Waals surface area contributed by atoms with E-state index >= 15 is 0 Å². The van der Waals surface area contributed by atoms with Gasteiger partial charge in [-0.05, 0) is 42.8 Å². The highest BCUT2D eigenvalue weighted by atomic mass is 32.1. The van der Waals surface area contributed by atoms with E-state index in [1.165, 1.54) is 23.5 Å². The summed E-state index contributed by atoms with van der Waals surface area (Å²) in [6, 6.07) is 11.7. The van der Waals surface area contributed by atoms with Gasteiger partial charge in [0.05, 0.1) is 30.5 Å². The lowest BCUT2D eigenvalue weighted by Gasteiger charge is -2.08. The fraction of sp³-hybridized carbons (Fsp3) is 0.158. The summed E-state index contributed by atoms with van der Waals surface area (Å²) in [5.74, 6) is 1.41. The number of thiazole rings is 1. The number of nitrogens with zero attached hydrogens (tertiary/aromatic N) is 3. The third kappa shape index (κ3) is 4.26. The number of hydrogen-bond acceptors (Lipinski definition) is 8. The van der Waals surface area contributed by atoms with Crippen molar-refractivity contribution in [3.8, 4) is 22.8 Å². The molecule has 0 bridgehead atoms. The molecule has 1 N–H and O–H groups in total.